The van der Waals surface area contributed by atoms with Gasteiger partial charge in [-0.05, 0) is 61.2 Å². The number of nitrogens with two attached hydrogens (primary N) is 1. The summed E-state index contributed by atoms with van der Waals surface area (Å²) in [6, 6.07) is 10.0. The molecular weight excluding hydrogens is 554 g/mol. The van der Waals surface area contributed by atoms with Crippen molar-refractivity contribution < 1.29 is 38.9 Å². The van der Waals surface area contributed by atoms with Gasteiger partial charge in [0.05, 0.1) is 30.7 Å². The van der Waals surface area contributed by atoms with Gasteiger partial charge in [0.25, 0.3) is 0 Å². The number of amides is 1. The van der Waals surface area contributed by atoms with Crippen LogP contribution in [0.15, 0.2) is 36.4 Å². The van der Waals surface area contributed by atoms with E-state index < -0.39 is 64.4 Å². The lowest BCUT2D eigenvalue weighted by Gasteiger charge is -2.52. The maximum Gasteiger partial charge on any atom is 0.235 e. The summed E-state index contributed by atoms with van der Waals surface area (Å²) in [5.74, 6) is -10.5. The van der Waals surface area contributed by atoms with E-state index in [1.165, 1.54) is 11.0 Å². The van der Waals surface area contributed by atoms with Gasteiger partial charge >= 0.3 is 0 Å². The fourth-order valence-corrected chi connectivity index (χ4v) is 7.68. The Balaban J connectivity index is 1.37. The summed E-state index contributed by atoms with van der Waals surface area (Å²) in [6.45, 7) is 3.92. The number of aliphatic hydroxyl groups is 1. The van der Waals surface area contributed by atoms with E-state index in [0.29, 0.717) is 18.8 Å². The molecule has 6 atom stereocenters. The number of nitrogens with zero attached hydrogens (tertiary/aromatic N) is 2. The Hall–Kier alpha value is -3.77. The fraction of sp³-hybridized carbons (Fsp3) is 0.469. The average Bonchev–Trinajstić information content (AvgIpc) is 2.96. The van der Waals surface area contributed by atoms with E-state index in [4.69, 9.17) is 10.5 Å². The fourth-order valence-electron chi connectivity index (χ4n) is 7.68. The number of likely N-dealkylation sites (N-methyl/N-ethyl adjacent to an activating group) is 1. The van der Waals surface area contributed by atoms with E-state index in [-0.39, 0.29) is 24.2 Å². The summed E-state index contributed by atoms with van der Waals surface area (Å²) in [4.78, 5) is 70.6. The molecule has 0 bridgehead atoms. The zero-order valence-electron chi connectivity index (χ0n) is 24.1. The first-order chi connectivity index (χ1) is 20.4. The van der Waals surface area contributed by atoms with E-state index in [1.807, 2.05) is 24.3 Å². The van der Waals surface area contributed by atoms with Crippen molar-refractivity contribution in [1.29, 1.82) is 0 Å². The largest absolute Gasteiger partial charge is 0.507 e. The van der Waals surface area contributed by atoms with Gasteiger partial charge in [0.15, 0.2) is 34.7 Å². The third kappa shape index (κ3) is 4.53. The molecule has 0 spiro atoms. The van der Waals surface area contributed by atoms with Crippen molar-refractivity contribution in [2.45, 2.75) is 31.0 Å². The van der Waals surface area contributed by atoms with Crippen LogP contribution in [0.5, 0.6) is 5.75 Å². The summed E-state index contributed by atoms with van der Waals surface area (Å²) in [5, 5.41) is 22.5. The molecule has 11 heteroatoms. The molecular formula is C32H35N3O8. The molecule has 4 aliphatic rings. The summed E-state index contributed by atoms with van der Waals surface area (Å²) < 4.78 is 5.43. The molecule has 6 rings (SSSR count). The highest BCUT2D eigenvalue weighted by molar-refractivity contribution is 6.32. The van der Waals surface area contributed by atoms with Crippen molar-refractivity contribution in [3.63, 3.8) is 0 Å². The number of phenols is 1. The molecule has 43 heavy (non-hydrogen) atoms. The van der Waals surface area contributed by atoms with Crippen molar-refractivity contribution in [2.24, 2.45) is 29.4 Å². The minimum atomic E-state index is -2.74. The predicted octanol–water partition coefficient (Wildman–Crippen LogP) is 0.366. The van der Waals surface area contributed by atoms with Crippen LogP contribution in [0.3, 0.4) is 0 Å². The normalized spacial score (nSPS) is 31.0. The van der Waals surface area contributed by atoms with Gasteiger partial charge in [0, 0.05) is 25.6 Å². The SMILES string of the molecule is CN(C)[C@H]1C(=O)C(C(N)=O)C(=O)[C@]2(O)C(=O)C3C(=O)c4c(O)ccc(-c5ccc(CN6CCOCC6)cc5)c4C[C@@H]3C[C@H]12. The average molecular weight is 590 g/mol. The molecule has 2 aromatic rings. The van der Waals surface area contributed by atoms with Crippen LogP contribution >= 0.6 is 0 Å². The van der Waals surface area contributed by atoms with Crippen LogP contribution in [-0.2, 0) is 36.9 Å². The number of hydrogen-bond acceptors (Lipinski definition) is 10. The first-order valence-electron chi connectivity index (χ1n) is 14.5. The number of fused-ring (bicyclic) bond motifs is 3. The van der Waals surface area contributed by atoms with E-state index >= 15 is 0 Å². The summed E-state index contributed by atoms with van der Waals surface area (Å²) in [5.41, 5.74) is 5.91. The third-order valence-corrected chi connectivity index (χ3v) is 9.72. The Morgan fingerprint density at radius 2 is 1.72 bits per heavy atom. The van der Waals surface area contributed by atoms with Gasteiger partial charge in [-0.3, -0.25) is 33.8 Å². The standard InChI is InChI=1S/C32H35N3O8/c1-34(2)26-21-14-18-13-20-19(17-5-3-16(4-6-17)15-35-9-11-43-12-10-35)7-8-22(36)24(20)27(37)23(18)29(39)32(21,42)30(40)25(28(26)38)31(33)41/h3-8,18,21,23,25-26,36,42H,9-15H2,1-2H3,(H2,33,41)/t18-,21-,23?,25?,26-,32-/m1/s1. The van der Waals surface area contributed by atoms with Crippen molar-refractivity contribution in [1.82, 2.24) is 9.80 Å². The highest BCUT2D eigenvalue weighted by Crippen LogP contribution is 2.51. The number of rotatable bonds is 5. The zero-order chi connectivity index (χ0) is 30.8. The summed E-state index contributed by atoms with van der Waals surface area (Å²) in [7, 11) is 3.13. The van der Waals surface area contributed by atoms with Crippen LogP contribution in [0.4, 0.5) is 0 Å². The molecule has 0 radical (unpaired) electrons. The van der Waals surface area contributed by atoms with Gasteiger partial charge < -0.3 is 20.7 Å². The number of aromatic hydroxyl groups is 1. The van der Waals surface area contributed by atoms with Crippen LogP contribution < -0.4 is 5.73 Å². The number of ketones is 4. The van der Waals surface area contributed by atoms with Gasteiger partial charge in [-0.25, -0.2) is 0 Å². The number of benzene rings is 2. The maximum atomic E-state index is 14.0. The molecule has 0 aromatic heterocycles. The van der Waals surface area contributed by atoms with E-state index in [9.17, 15) is 34.2 Å². The molecule has 226 valence electrons. The van der Waals surface area contributed by atoms with Crippen molar-refractivity contribution in [3.8, 4) is 16.9 Å². The Kier molecular flexibility index (Phi) is 7.32. The molecule has 2 saturated carbocycles. The van der Waals surface area contributed by atoms with Crippen LogP contribution in [0.1, 0.15) is 27.9 Å². The molecule has 11 nitrogen and oxygen atoms in total. The van der Waals surface area contributed by atoms with Gasteiger partial charge in [-0.15, -0.1) is 0 Å². The van der Waals surface area contributed by atoms with Crippen molar-refractivity contribution in [2.75, 3.05) is 40.4 Å². The molecule has 2 unspecified atom stereocenters. The second kappa shape index (κ2) is 10.7. The number of ether oxygens (including phenoxy) is 1. The number of carbonyl (C=O) groups is 5. The summed E-state index contributed by atoms with van der Waals surface area (Å²) >= 11 is 0. The molecule has 3 aliphatic carbocycles. The number of primary amides is 1. The highest BCUT2D eigenvalue weighted by atomic mass is 16.5. The molecule has 2 aromatic carbocycles. The smallest absolute Gasteiger partial charge is 0.235 e. The Morgan fingerprint density at radius 1 is 1.05 bits per heavy atom. The number of hydrogen-bond donors (Lipinski definition) is 3. The van der Waals surface area contributed by atoms with Crippen LogP contribution in [0.2, 0.25) is 0 Å². The minimum Gasteiger partial charge on any atom is -0.507 e. The Labute approximate surface area is 248 Å². The lowest BCUT2D eigenvalue weighted by molar-refractivity contribution is -0.181. The highest BCUT2D eigenvalue weighted by Gasteiger charge is 2.69. The lowest BCUT2D eigenvalue weighted by Crippen LogP contribution is -2.74. The third-order valence-electron chi connectivity index (χ3n) is 9.72. The Morgan fingerprint density at radius 3 is 2.35 bits per heavy atom. The first-order valence-corrected chi connectivity index (χ1v) is 14.5. The Bertz CT molecular complexity index is 1530. The molecule has 1 heterocycles. The molecule has 1 saturated heterocycles. The van der Waals surface area contributed by atoms with Crippen LogP contribution in [0.25, 0.3) is 11.1 Å². The number of Topliss-reactive ketones (excluding diaryl/α,β-unsaturated/α-hetero) is 4. The van der Waals surface area contributed by atoms with Crippen LogP contribution in [0, 0.1) is 23.7 Å². The molecule has 3 fully saturated rings. The molecule has 1 amide bonds. The van der Waals surface area contributed by atoms with Crippen LogP contribution in [-0.4, -0.2) is 101 Å². The second-order valence-corrected chi connectivity index (χ2v) is 12.4. The summed E-state index contributed by atoms with van der Waals surface area (Å²) in [6.07, 6.45) is 0.225. The number of phenolic OH excluding ortho intramolecular Hbond substituents is 1. The predicted molar refractivity (Wildman–Crippen MR) is 153 cm³/mol. The topological polar surface area (TPSA) is 168 Å². The maximum absolute atomic E-state index is 14.0. The molecule has 4 N–H and O–H groups in total. The van der Waals surface area contributed by atoms with E-state index in [0.717, 1.165) is 36.3 Å². The first kappa shape index (κ1) is 29.3. The van der Waals surface area contributed by atoms with Crippen molar-refractivity contribution in [3.05, 3.63) is 53.1 Å². The van der Waals surface area contributed by atoms with Gasteiger partial charge in [-0.1, -0.05) is 30.3 Å². The van der Waals surface area contributed by atoms with Gasteiger partial charge in [0.1, 0.15) is 5.75 Å². The second-order valence-electron chi connectivity index (χ2n) is 12.4. The monoisotopic (exact) mass is 589 g/mol. The number of carbonyl (C=O) groups excluding carboxylic acids is 5. The minimum absolute atomic E-state index is 0.0114. The van der Waals surface area contributed by atoms with Crippen molar-refractivity contribution >= 4 is 29.0 Å². The number of morpholine rings is 1. The van der Waals surface area contributed by atoms with Gasteiger partial charge in [0.2, 0.25) is 5.91 Å². The van der Waals surface area contributed by atoms with E-state index in [2.05, 4.69) is 4.90 Å². The zero-order valence-corrected chi connectivity index (χ0v) is 24.1. The van der Waals surface area contributed by atoms with Gasteiger partial charge in [-0.2, -0.15) is 0 Å². The quantitative estimate of drug-likeness (QED) is 0.415. The molecule has 1 aliphatic heterocycles. The van der Waals surface area contributed by atoms with E-state index in [1.54, 1.807) is 20.2 Å². The lowest BCUT2D eigenvalue weighted by atomic mass is 9.52.